The number of hydrogen-bond donors (Lipinski definition) is 1. The van der Waals surface area contributed by atoms with Gasteiger partial charge < -0.3 is 9.84 Å². The first-order valence-electron chi connectivity index (χ1n) is 8.36. The van der Waals surface area contributed by atoms with Crippen molar-refractivity contribution in [1.29, 1.82) is 0 Å². The fraction of sp³-hybridized carbons (Fsp3) is 0.200. The summed E-state index contributed by atoms with van der Waals surface area (Å²) < 4.78 is 31.4. The number of aromatic nitrogens is 1. The Bertz CT molecular complexity index is 937. The van der Waals surface area contributed by atoms with Crippen LogP contribution in [0.15, 0.2) is 59.1 Å². The predicted molar refractivity (Wildman–Crippen MR) is 91.5 cm³/mol. The van der Waals surface area contributed by atoms with E-state index in [2.05, 4.69) is 10.5 Å². The van der Waals surface area contributed by atoms with Gasteiger partial charge in [0.05, 0.1) is 0 Å². The molecule has 1 fully saturated rings. The number of halogens is 2. The molecule has 4 rings (SSSR count). The van der Waals surface area contributed by atoms with Crippen molar-refractivity contribution in [2.45, 2.75) is 12.3 Å². The van der Waals surface area contributed by atoms with Crippen molar-refractivity contribution in [2.75, 3.05) is 6.54 Å². The number of nitrogens with one attached hydrogen (secondary N) is 1. The number of nitrogens with zero attached hydrogens (tertiary/aromatic N) is 1. The van der Waals surface area contributed by atoms with Gasteiger partial charge in [-0.05, 0) is 60.2 Å². The molecule has 0 aliphatic heterocycles. The highest BCUT2D eigenvalue weighted by Crippen LogP contribution is 2.47. The van der Waals surface area contributed by atoms with E-state index >= 15 is 0 Å². The molecule has 4 nitrogen and oxygen atoms in total. The average molecular weight is 354 g/mol. The van der Waals surface area contributed by atoms with E-state index in [0.717, 1.165) is 12.0 Å². The van der Waals surface area contributed by atoms with Crippen molar-refractivity contribution in [3.8, 4) is 11.3 Å². The van der Waals surface area contributed by atoms with Gasteiger partial charge in [-0.2, -0.15) is 0 Å². The molecule has 2 atom stereocenters. The van der Waals surface area contributed by atoms with Crippen LogP contribution in [0.3, 0.4) is 0 Å². The molecule has 1 aliphatic carbocycles. The van der Waals surface area contributed by atoms with Gasteiger partial charge in [-0.3, -0.25) is 4.79 Å². The lowest BCUT2D eigenvalue weighted by Crippen LogP contribution is -2.26. The van der Waals surface area contributed by atoms with Gasteiger partial charge in [0, 0.05) is 18.2 Å². The number of benzene rings is 2. The maximum absolute atomic E-state index is 13.3. The van der Waals surface area contributed by atoms with Crippen molar-refractivity contribution in [1.82, 2.24) is 10.5 Å². The van der Waals surface area contributed by atoms with Gasteiger partial charge >= 0.3 is 0 Å². The average Bonchev–Trinajstić information content (AvgIpc) is 3.25. The minimum absolute atomic E-state index is 0.173. The second-order valence-corrected chi connectivity index (χ2v) is 6.45. The molecule has 0 saturated heterocycles. The molecule has 132 valence electrons. The van der Waals surface area contributed by atoms with Crippen LogP contribution in [0.4, 0.5) is 8.78 Å². The summed E-state index contributed by atoms with van der Waals surface area (Å²) in [6.07, 6.45) is 0.920. The minimum Gasteiger partial charge on any atom is -0.355 e. The molecule has 2 unspecified atom stereocenters. The number of amides is 1. The van der Waals surface area contributed by atoms with Gasteiger partial charge in [0.2, 0.25) is 0 Å². The van der Waals surface area contributed by atoms with Gasteiger partial charge in [0.25, 0.3) is 5.91 Å². The molecular formula is C20H16F2N2O2. The van der Waals surface area contributed by atoms with Gasteiger partial charge in [0.15, 0.2) is 11.5 Å². The molecule has 1 aliphatic rings. The SMILES string of the molecule is O=C(NCC1CC1c1cccc(F)c1)c1cc(-c2ccc(F)cc2)on1. The van der Waals surface area contributed by atoms with Crippen LogP contribution in [0.2, 0.25) is 0 Å². The van der Waals surface area contributed by atoms with Crippen LogP contribution in [0, 0.1) is 17.6 Å². The topological polar surface area (TPSA) is 55.1 Å². The van der Waals surface area contributed by atoms with Crippen molar-refractivity contribution >= 4 is 5.91 Å². The lowest BCUT2D eigenvalue weighted by atomic mass is 10.1. The van der Waals surface area contributed by atoms with E-state index in [0.29, 0.717) is 23.8 Å². The van der Waals surface area contributed by atoms with Crippen LogP contribution in [0.5, 0.6) is 0 Å². The first-order valence-corrected chi connectivity index (χ1v) is 8.36. The first-order chi connectivity index (χ1) is 12.6. The normalized spacial score (nSPS) is 18.5. The molecule has 1 aromatic heterocycles. The van der Waals surface area contributed by atoms with E-state index in [9.17, 15) is 13.6 Å². The van der Waals surface area contributed by atoms with E-state index in [4.69, 9.17) is 4.52 Å². The van der Waals surface area contributed by atoms with Crippen LogP contribution in [-0.4, -0.2) is 17.6 Å². The minimum atomic E-state index is -0.344. The van der Waals surface area contributed by atoms with Gasteiger partial charge in [-0.25, -0.2) is 8.78 Å². The largest absolute Gasteiger partial charge is 0.355 e. The summed E-state index contributed by atoms with van der Waals surface area (Å²) in [6.45, 7) is 0.499. The fourth-order valence-corrected chi connectivity index (χ4v) is 3.07. The molecule has 2 aromatic carbocycles. The second-order valence-electron chi connectivity index (χ2n) is 6.45. The van der Waals surface area contributed by atoms with Gasteiger partial charge in [0.1, 0.15) is 11.6 Å². The molecule has 1 heterocycles. The van der Waals surface area contributed by atoms with E-state index in [-0.39, 0.29) is 29.2 Å². The van der Waals surface area contributed by atoms with Crippen molar-refractivity contribution in [2.24, 2.45) is 5.92 Å². The summed E-state index contributed by atoms with van der Waals surface area (Å²) in [5.74, 6) is 0.0603. The lowest BCUT2D eigenvalue weighted by Gasteiger charge is -2.03. The highest BCUT2D eigenvalue weighted by Gasteiger charge is 2.38. The zero-order chi connectivity index (χ0) is 18.1. The summed E-state index contributed by atoms with van der Waals surface area (Å²) in [5, 5.41) is 6.61. The van der Waals surface area contributed by atoms with Crippen LogP contribution < -0.4 is 5.32 Å². The maximum atomic E-state index is 13.3. The van der Waals surface area contributed by atoms with E-state index in [1.807, 2.05) is 6.07 Å². The van der Waals surface area contributed by atoms with Crippen LogP contribution >= 0.6 is 0 Å². The standard InChI is InChI=1S/C20H16F2N2O2/c21-15-6-4-12(5-7-15)19-10-18(24-26-19)20(25)23-11-14-9-17(14)13-2-1-3-16(22)8-13/h1-8,10,14,17H,9,11H2,(H,23,25). The van der Waals surface area contributed by atoms with Crippen LogP contribution in [0.25, 0.3) is 11.3 Å². The Balaban J connectivity index is 1.34. The monoisotopic (exact) mass is 354 g/mol. The van der Waals surface area contributed by atoms with Gasteiger partial charge in [-0.1, -0.05) is 17.3 Å². The quantitative estimate of drug-likeness (QED) is 0.749. The van der Waals surface area contributed by atoms with E-state index in [1.54, 1.807) is 24.3 Å². The zero-order valence-electron chi connectivity index (χ0n) is 13.8. The Morgan fingerprint density at radius 1 is 1.12 bits per heavy atom. The Kier molecular flexibility index (Phi) is 4.24. The number of carbonyl (C=O) groups excluding carboxylic acids is 1. The van der Waals surface area contributed by atoms with Crippen molar-refractivity contribution < 1.29 is 18.1 Å². The molecule has 0 radical (unpaired) electrons. The Morgan fingerprint density at radius 2 is 1.92 bits per heavy atom. The summed E-state index contributed by atoms with van der Waals surface area (Å²) in [7, 11) is 0. The molecule has 1 N–H and O–H groups in total. The van der Waals surface area contributed by atoms with Crippen LogP contribution in [-0.2, 0) is 0 Å². The molecule has 26 heavy (non-hydrogen) atoms. The molecule has 1 saturated carbocycles. The molecule has 1 amide bonds. The summed E-state index contributed by atoms with van der Waals surface area (Å²) in [6, 6.07) is 13.9. The Hall–Kier alpha value is -3.02. The lowest BCUT2D eigenvalue weighted by molar-refractivity contribution is 0.0942. The van der Waals surface area contributed by atoms with E-state index < -0.39 is 0 Å². The summed E-state index contributed by atoms with van der Waals surface area (Å²) in [5.41, 5.74) is 1.78. The second kappa shape index (κ2) is 6.71. The third-order valence-corrected chi connectivity index (χ3v) is 4.60. The van der Waals surface area contributed by atoms with E-state index in [1.165, 1.54) is 24.3 Å². The highest BCUT2D eigenvalue weighted by atomic mass is 19.1. The number of carbonyl (C=O) groups is 1. The number of rotatable bonds is 5. The molecule has 6 heteroatoms. The maximum Gasteiger partial charge on any atom is 0.273 e. The van der Waals surface area contributed by atoms with Crippen molar-refractivity contribution in [3.05, 3.63) is 77.5 Å². The smallest absolute Gasteiger partial charge is 0.273 e. The van der Waals surface area contributed by atoms with Crippen LogP contribution in [0.1, 0.15) is 28.4 Å². The zero-order valence-corrected chi connectivity index (χ0v) is 13.8. The third kappa shape index (κ3) is 3.49. The third-order valence-electron chi connectivity index (χ3n) is 4.60. The molecule has 3 aromatic rings. The molecular weight excluding hydrogens is 338 g/mol. The van der Waals surface area contributed by atoms with Gasteiger partial charge in [-0.15, -0.1) is 0 Å². The Labute approximate surface area is 148 Å². The van der Waals surface area contributed by atoms with Crippen molar-refractivity contribution in [3.63, 3.8) is 0 Å². The first kappa shape index (κ1) is 16.4. The molecule has 0 bridgehead atoms. The number of hydrogen-bond acceptors (Lipinski definition) is 3. The Morgan fingerprint density at radius 3 is 2.69 bits per heavy atom. The molecule has 0 spiro atoms. The predicted octanol–water partition coefficient (Wildman–Crippen LogP) is 4.15. The summed E-state index contributed by atoms with van der Waals surface area (Å²) >= 11 is 0. The highest BCUT2D eigenvalue weighted by molar-refractivity contribution is 5.93. The summed E-state index contributed by atoms with van der Waals surface area (Å²) in [4.78, 5) is 12.2. The fourth-order valence-electron chi connectivity index (χ4n) is 3.07.